The Morgan fingerprint density at radius 2 is 0.868 bits per heavy atom. The zero-order valence-corrected chi connectivity index (χ0v) is 28.8. The standard InChI is InChI=1S/C51H31NO/c1-3-14-37-32(12-1)26-30-44-49(37)53-50-38-15-4-2-13-33(38)27-31-45(50)51(44)42-20-8-5-18-41(42)48-36(19-11-21-43(48)51)34-24-28-35(29-25-34)52-46-22-9-6-16-39(46)40-17-7-10-23-47(40)52/h1-31H. The van der Waals surface area contributed by atoms with Crippen LogP contribution in [-0.4, -0.2) is 4.57 Å². The Labute approximate surface area is 306 Å². The first-order chi connectivity index (χ1) is 26.3. The van der Waals surface area contributed by atoms with Gasteiger partial charge in [-0.1, -0.05) is 164 Å². The molecule has 10 aromatic rings. The van der Waals surface area contributed by atoms with Gasteiger partial charge in [0.25, 0.3) is 0 Å². The number of fused-ring (bicyclic) bond motifs is 16. The number of ether oxygens (including phenoxy) is 1. The molecule has 246 valence electrons. The van der Waals surface area contributed by atoms with Crippen LogP contribution in [0.2, 0.25) is 0 Å². The molecule has 1 aromatic heterocycles. The maximum Gasteiger partial charge on any atom is 0.140 e. The van der Waals surface area contributed by atoms with Gasteiger partial charge in [0.2, 0.25) is 0 Å². The highest BCUT2D eigenvalue weighted by atomic mass is 16.5. The van der Waals surface area contributed by atoms with Crippen molar-refractivity contribution in [2.24, 2.45) is 0 Å². The van der Waals surface area contributed by atoms with E-state index in [2.05, 4.69) is 193 Å². The maximum absolute atomic E-state index is 7.14. The summed E-state index contributed by atoms with van der Waals surface area (Å²) in [6.07, 6.45) is 0. The number of hydrogen-bond acceptors (Lipinski definition) is 1. The van der Waals surface area contributed by atoms with E-state index >= 15 is 0 Å². The summed E-state index contributed by atoms with van der Waals surface area (Å²) in [7, 11) is 0. The second-order valence-electron chi connectivity index (χ2n) is 14.4. The first-order valence-corrected chi connectivity index (χ1v) is 18.4. The molecule has 1 aliphatic carbocycles. The number of aromatic nitrogens is 1. The van der Waals surface area contributed by atoms with Crippen molar-refractivity contribution in [2.75, 3.05) is 0 Å². The first-order valence-electron chi connectivity index (χ1n) is 18.4. The van der Waals surface area contributed by atoms with Crippen LogP contribution in [0.5, 0.6) is 11.5 Å². The fraction of sp³-hybridized carbons (Fsp3) is 0.0196. The molecular weight excluding hydrogens is 643 g/mol. The minimum Gasteiger partial charge on any atom is -0.455 e. The van der Waals surface area contributed by atoms with Gasteiger partial charge < -0.3 is 9.30 Å². The highest BCUT2D eigenvalue weighted by Gasteiger charge is 2.52. The highest BCUT2D eigenvalue weighted by Crippen LogP contribution is 2.65. The van der Waals surface area contributed by atoms with E-state index in [4.69, 9.17) is 4.74 Å². The maximum atomic E-state index is 7.14. The van der Waals surface area contributed by atoms with E-state index in [9.17, 15) is 0 Å². The summed E-state index contributed by atoms with van der Waals surface area (Å²) in [5, 5.41) is 7.15. The zero-order valence-electron chi connectivity index (χ0n) is 28.8. The lowest BCUT2D eigenvalue weighted by Gasteiger charge is -2.40. The van der Waals surface area contributed by atoms with Crippen molar-refractivity contribution in [3.8, 4) is 39.4 Å². The smallest absolute Gasteiger partial charge is 0.140 e. The topological polar surface area (TPSA) is 14.2 Å². The summed E-state index contributed by atoms with van der Waals surface area (Å²) in [6.45, 7) is 0. The van der Waals surface area contributed by atoms with Crippen molar-refractivity contribution in [1.82, 2.24) is 4.57 Å². The molecule has 0 saturated carbocycles. The summed E-state index contributed by atoms with van der Waals surface area (Å²) in [4.78, 5) is 0. The van der Waals surface area contributed by atoms with Gasteiger partial charge >= 0.3 is 0 Å². The second-order valence-corrected chi connectivity index (χ2v) is 14.4. The molecule has 0 radical (unpaired) electrons. The molecule has 0 bridgehead atoms. The van der Waals surface area contributed by atoms with Crippen molar-refractivity contribution < 1.29 is 4.74 Å². The summed E-state index contributed by atoms with van der Waals surface area (Å²) < 4.78 is 9.53. The van der Waals surface area contributed by atoms with E-state index in [1.54, 1.807) is 0 Å². The van der Waals surface area contributed by atoms with E-state index in [0.29, 0.717) is 0 Å². The Kier molecular flexibility index (Phi) is 5.73. The van der Waals surface area contributed by atoms with Gasteiger partial charge in [-0.05, 0) is 68.4 Å². The van der Waals surface area contributed by atoms with Crippen molar-refractivity contribution >= 4 is 43.4 Å². The average molecular weight is 674 g/mol. The summed E-state index contributed by atoms with van der Waals surface area (Å²) in [5.41, 5.74) is 13.0. The molecule has 2 heterocycles. The molecule has 0 unspecified atom stereocenters. The first kappa shape index (κ1) is 28.8. The van der Waals surface area contributed by atoms with Crippen LogP contribution in [0.3, 0.4) is 0 Å². The SMILES string of the molecule is c1ccc2c(c1)-c1c(-c3ccc(-n4c5ccccc5c5ccccc54)cc3)cccc1C21c2ccc3ccccc3c2Oc2c1ccc1ccccc21. The summed E-state index contributed by atoms with van der Waals surface area (Å²) in [6, 6.07) is 68.9. The number of hydrogen-bond donors (Lipinski definition) is 0. The molecule has 2 nitrogen and oxygen atoms in total. The third-order valence-corrected chi connectivity index (χ3v) is 11.9. The molecule has 0 fully saturated rings. The lowest BCUT2D eigenvalue weighted by Crippen LogP contribution is -2.32. The minimum atomic E-state index is -0.568. The van der Waals surface area contributed by atoms with Crippen LogP contribution in [0, 0.1) is 0 Å². The van der Waals surface area contributed by atoms with Gasteiger partial charge in [0.15, 0.2) is 0 Å². The van der Waals surface area contributed by atoms with Crippen LogP contribution in [0.1, 0.15) is 22.3 Å². The molecule has 0 amide bonds. The van der Waals surface area contributed by atoms with Gasteiger partial charge in [0.1, 0.15) is 11.5 Å². The normalized spacial score (nSPS) is 13.6. The zero-order chi connectivity index (χ0) is 34.7. The molecule has 0 saturated heterocycles. The van der Waals surface area contributed by atoms with Crippen LogP contribution in [-0.2, 0) is 5.41 Å². The fourth-order valence-corrected chi connectivity index (χ4v) is 9.68. The van der Waals surface area contributed by atoms with Gasteiger partial charge in [-0.15, -0.1) is 0 Å². The molecule has 12 rings (SSSR count). The molecule has 1 aliphatic heterocycles. The number of nitrogens with zero attached hydrogens (tertiary/aromatic N) is 1. The Balaban J connectivity index is 1.13. The van der Waals surface area contributed by atoms with E-state index < -0.39 is 5.41 Å². The van der Waals surface area contributed by atoms with Crippen molar-refractivity contribution in [1.29, 1.82) is 0 Å². The Morgan fingerprint density at radius 1 is 0.358 bits per heavy atom. The van der Waals surface area contributed by atoms with E-state index in [0.717, 1.165) is 28.0 Å². The number of rotatable bonds is 2. The molecule has 2 heteroatoms. The monoisotopic (exact) mass is 673 g/mol. The van der Waals surface area contributed by atoms with E-state index in [1.807, 2.05) is 0 Å². The molecular formula is C51H31NO. The molecule has 0 N–H and O–H groups in total. The van der Waals surface area contributed by atoms with Gasteiger partial charge in [0, 0.05) is 38.4 Å². The third-order valence-electron chi connectivity index (χ3n) is 11.9. The van der Waals surface area contributed by atoms with E-state index in [-0.39, 0.29) is 0 Å². The highest BCUT2D eigenvalue weighted by molar-refractivity contribution is 6.09. The molecule has 0 atom stereocenters. The second kappa shape index (κ2) is 10.6. The molecule has 9 aromatic carbocycles. The Hall–Kier alpha value is -6.90. The van der Waals surface area contributed by atoms with Crippen LogP contribution in [0.15, 0.2) is 188 Å². The minimum absolute atomic E-state index is 0.568. The number of para-hydroxylation sites is 2. The molecule has 2 aliphatic rings. The predicted octanol–water partition coefficient (Wildman–Crippen LogP) is 13.2. The fourth-order valence-electron chi connectivity index (χ4n) is 9.68. The van der Waals surface area contributed by atoms with Crippen molar-refractivity contribution in [3.63, 3.8) is 0 Å². The van der Waals surface area contributed by atoms with Crippen molar-refractivity contribution in [3.05, 3.63) is 210 Å². The third kappa shape index (κ3) is 3.72. The lowest BCUT2D eigenvalue weighted by molar-refractivity contribution is 0.447. The average Bonchev–Trinajstić information content (AvgIpc) is 3.72. The number of benzene rings is 9. The van der Waals surface area contributed by atoms with Gasteiger partial charge in [-0.2, -0.15) is 0 Å². The quantitative estimate of drug-likeness (QED) is 0.178. The molecule has 1 spiro atoms. The Morgan fingerprint density at radius 3 is 1.51 bits per heavy atom. The predicted molar refractivity (Wildman–Crippen MR) is 219 cm³/mol. The van der Waals surface area contributed by atoms with Crippen LogP contribution >= 0.6 is 0 Å². The Bertz CT molecular complexity index is 3010. The van der Waals surface area contributed by atoms with Crippen LogP contribution < -0.4 is 4.74 Å². The largest absolute Gasteiger partial charge is 0.455 e. The van der Waals surface area contributed by atoms with Gasteiger partial charge in [0.05, 0.1) is 16.4 Å². The molecule has 53 heavy (non-hydrogen) atoms. The van der Waals surface area contributed by atoms with Crippen molar-refractivity contribution in [2.45, 2.75) is 5.41 Å². The van der Waals surface area contributed by atoms with Gasteiger partial charge in [-0.25, -0.2) is 0 Å². The summed E-state index contributed by atoms with van der Waals surface area (Å²) >= 11 is 0. The van der Waals surface area contributed by atoms with Gasteiger partial charge in [-0.3, -0.25) is 0 Å². The summed E-state index contributed by atoms with van der Waals surface area (Å²) in [5.74, 6) is 1.88. The lowest BCUT2D eigenvalue weighted by atomic mass is 9.65. The van der Waals surface area contributed by atoms with E-state index in [1.165, 1.54) is 77.1 Å². The van der Waals surface area contributed by atoms with Crippen LogP contribution in [0.4, 0.5) is 0 Å². The van der Waals surface area contributed by atoms with Crippen LogP contribution in [0.25, 0.3) is 71.3 Å².